The molecule has 142 valence electrons. The fourth-order valence-corrected chi connectivity index (χ4v) is 3.85. The molecule has 2 aliphatic rings. The van der Waals surface area contributed by atoms with Crippen LogP contribution in [-0.4, -0.2) is 39.6 Å². The van der Waals surface area contributed by atoms with Crippen molar-refractivity contribution in [1.82, 2.24) is 19.9 Å². The average Bonchev–Trinajstić information content (AvgIpc) is 3.27. The third-order valence-electron chi connectivity index (χ3n) is 5.47. The van der Waals surface area contributed by atoms with Gasteiger partial charge in [0.25, 0.3) is 5.91 Å². The van der Waals surface area contributed by atoms with E-state index < -0.39 is 0 Å². The van der Waals surface area contributed by atoms with Crippen molar-refractivity contribution >= 4 is 11.9 Å². The molecule has 0 radical (unpaired) electrons. The van der Waals surface area contributed by atoms with Gasteiger partial charge in [-0.25, -0.2) is 9.97 Å². The normalized spacial score (nSPS) is 19.0. The molecule has 1 aliphatic heterocycles. The quantitative estimate of drug-likeness (QED) is 0.745. The molecule has 0 bridgehead atoms. The zero-order valence-corrected chi connectivity index (χ0v) is 15.7. The summed E-state index contributed by atoms with van der Waals surface area (Å²) in [4.78, 5) is 24.1. The Labute approximate surface area is 164 Å². The summed E-state index contributed by atoms with van der Waals surface area (Å²) in [7, 11) is 0. The predicted molar refractivity (Wildman–Crippen MR) is 108 cm³/mol. The third kappa shape index (κ3) is 3.38. The lowest BCUT2D eigenvalue weighted by Crippen LogP contribution is -2.38. The number of nitrogens with zero attached hydrogens (tertiary/aromatic N) is 4. The van der Waals surface area contributed by atoms with Crippen LogP contribution in [-0.2, 0) is 0 Å². The first-order chi connectivity index (χ1) is 13.8. The zero-order chi connectivity index (χ0) is 18.9. The van der Waals surface area contributed by atoms with Gasteiger partial charge in [0.1, 0.15) is 5.69 Å². The van der Waals surface area contributed by atoms with Gasteiger partial charge in [-0.1, -0.05) is 30.3 Å². The second kappa shape index (κ2) is 7.11. The van der Waals surface area contributed by atoms with E-state index in [0.29, 0.717) is 6.04 Å². The number of hydrogen-bond acceptors (Lipinski definition) is 4. The van der Waals surface area contributed by atoms with Crippen molar-refractivity contribution in [2.75, 3.05) is 18.0 Å². The number of aromatic nitrogens is 3. The van der Waals surface area contributed by atoms with E-state index in [2.05, 4.69) is 19.8 Å². The van der Waals surface area contributed by atoms with Crippen LogP contribution in [0.4, 0.5) is 5.95 Å². The summed E-state index contributed by atoms with van der Waals surface area (Å²) >= 11 is 0. The number of benzene rings is 1. The molecule has 0 spiro atoms. The second-order valence-electron chi connectivity index (χ2n) is 7.54. The van der Waals surface area contributed by atoms with Crippen molar-refractivity contribution in [3.63, 3.8) is 0 Å². The largest absolute Gasteiger partial charge is 0.346 e. The topological polar surface area (TPSA) is 63.1 Å². The maximum atomic E-state index is 12.7. The van der Waals surface area contributed by atoms with Crippen LogP contribution in [0.15, 0.2) is 60.9 Å². The fourth-order valence-electron chi connectivity index (χ4n) is 3.85. The Morgan fingerprint density at radius 2 is 1.89 bits per heavy atom. The van der Waals surface area contributed by atoms with E-state index in [1.807, 2.05) is 54.7 Å². The van der Waals surface area contributed by atoms with Crippen molar-refractivity contribution in [2.45, 2.75) is 31.3 Å². The molecule has 5 rings (SSSR count). The van der Waals surface area contributed by atoms with Gasteiger partial charge in [0.2, 0.25) is 5.95 Å². The number of carbonyl (C=O) groups excluding carboxylic acids is 1. The molecule has 1 aliphatic carbocycles. The van der Waals surface area contributed by atoms with Gasteiger partial charge in [0, 0.05) is 43.1 Å². The second-order valence-corrected chi connectivity index (χ2v) is 7.54. The molecular weight excluding hydrogens is 350 g/mol. The van der Waals surface area contributed by atoms with Crippen molar-refractivity contribution in [2.24, 2.45) is 0 Å². The number of amides is 1. The van der Waals surface area contributed by atoms with Crippen molar-refractivity contribution in [3.05, 3.63) is 66.6 Å². The summed E-state index contributed by atoms with van der Waals surface area (Å²) in [5, 5.41) is 3.19. The Kier molecular flexibility index (Phi) is 4.31. The molecule has 2 fully saturated rings. The number of anilines is 1. The molecule has 1 unspecified atom stereocenters. The standard InChI is InChI=1S/C22H23N5O/c28-21(20-7-4-13-27(20)18-8-9-18)24-17-11-14-26(15-17)22-23-12-10-19(25-22)16-5-2-1-3-6-16/h1-7,10,12-13,17-18H,8-9,11,14-15H2,(H,24,28). The predicted octanol–water partition coefficient (Wildman–Crippen LogP) is 3.29. The van der Waals surface area contributed by atoms with Crippen molar-refractivity contribution in [3.8, 4) is 11.3 Å². The van der Waals surface area contributed by atoms with E-state index in [1.165, 1.54) is 12.8 Å². The minimum absolute atomic E-state index is 0.0164. The van der Waals surface area contributed by atoms with E-state index in [4.69, 9.17) is 4.98 Å². The Hall–Kier alpha value is -3.15. The molecule has 3 heterocycles. The smallest absolute Gasteiger partial charge is 0.268 e. The summed E-state index contributed by atoms with van der Waals surface area (Å²) in [6, 6.07) is 16.5. The Morgan fingerprint density at radius 1 is 1.04 bits per heavy atom. The van der Waals surface area contributed by atoms with E-state index in [-0.39, 0.29) is 11.9 Å². The fraction of sp³-hybridized carbons (Fsp3) is 0.318. The first-order valence-corrected chi connectivity index (χ1v) is 9.89. The van der Waals surface area contributed by atoms with E-state index in [9.17, 15) is 4.79 Å². The molecule has 1 saturated carbocycles. The highest BCUT2D eigenvalue weighted by molar-refractivity contribution is 5.93. The molecule has 1 aromatic carbocycles. The lowest BCUT2D eigenvalue weighted by molar-refractivity contribution is 0.0931. The number of rotatable bonds is 5. The summed E-state index contributed by atoms with van der Waals surface area (Å²) < 4.78 is 2.11. The first-order valence-electron chi connectivity index (χ1n) is 9.89. The molecule has 6 heteroatoms. The minimum Gasteiger partial charge on any atom is -0.346 e. The maximum Gasteiger partial charge on any atom is 0.268 e. The van der Waals surface area contributed by atoms with Gasteiger partial charge >= 0.3 is 0 Å². The van der Waals surface area contributed by atoms with E-state index in [0.717, 1.165) is 42.4 Å². The first kappa shape index (κ1) is 17.0. The average molecular weight is 373 g/mol. The monoisotopic (exact) mass is 373 g/mol. The number of nitrogens with one attached hydrogen (secondary N) is 1. The molecule has 1 atom stereocenters. The number of hydrogen-bond donors (Lipinski definition) is 1. The summed E-state index contributed by atoms with van der Waals surface area (Å²) in [5.74, 6) is 0.738. The molecular formula is C22H23N5O. The van der Waals surface area contributed by atoms with Crippen LogP contribution in [0, 0.1) is 0 Å². The van der Waals surface area contributed by atoms with Gasteiger partial charge in [-0.05, 0) is 37.5 Å². The van der Waals surface area contributed by atoms with Gasteiger partial charge in [-0.2, -0.15) is 0 Å². The minimum atomic E-state index is 0.0164. The van der Waals surface area contributed by atoms with Crippen LogP contribution in [0.2, 0.25) is 0 Å². The highest BCUT2D eigenvalue weighted by atomic mass is 16.2. The van der Waals surface area contributed by atoms with Crippen LogP contribution in [0.3, 0.4) is 0 Å². The highest BCUT2D eigenvalue weighted by Gasteiger charge is 2.29. The Balaban J connectivity index is 1.26. The molecule has 3 aromatic rings. The number of carbonyl (C=O) groups is 1. The van der Waals surface area contributed by atoms with E-state index in [1.54, 1.807) is 6.20 Å². The van der Waals surface area contributed by atoms with Gasteiger partial charge in [-0.15, -0.1) is 0 Å². The molecule has 6 nitrogen and oxygen atoms in total. The lowest BCUT2D eigenvalue weighted by Gasteiger charge is -2.18. The lowest BCUT2D eigenvalue weighted by atomic mass is 10.1. The molecule has 1 saturated heterocycles. The maximum absolute atomic E-state index is 12.7. The van der Waals surface area contributed by atoms with Crippen LogP contribution in [0.25, 0.3) is 11.3 Å². The third-order valence-corrected chi connectivity index (χ3v) is 5.47. The van der Waals surface area contributed by atoms with Gasteiger partial charge in [0.15, 0.2) is 0 Å². The van der Waals surface area contributed by atoms with Crippen LogP contribution in [0.5, 0.6) is 0 Å². The van der Waals surface area contributed by atoms with Gasteiger partial charge in [-0.3, -0.25) is 4.79 Å². The molecule has 28 heavy (non-hydrogen) atoms. The highest BCUT2D eigenvalue weighted by Crippen LogP contribution is 2.36. The molecule has 1 amide bonds. The zero-order valence-electron chi connectivity index (χ0n) is 15.7. The molecule has 1 N–H and O–H groups in total. The van der Waals surface area contributed by atoms with Crippen molar-refractivity contribution < 1.29 is 4.79 Å². The van der Waals surface area contributed by atoms with Gasteiger partial charge < -0.3 is 14.8 Å². The summed E-state index contributed by atoms with van der Waals surface area (Å²) in [5.41, 5.74) is 2.76. The SMILES string of the molecule is O=C(NC1CCN(c2nccc(-c3ccccc3)n2)C1)c1cccn1C1CC1. The molecule has 2 aromatic heterocycles. The van der Waals surface area contributed by atoms with Crippen LogP contribution < -0.4 is 10.2 Å². The Bertz CT molecular complexity index is 979. The van der Waals surface area contributed by atoms with Crippen LogP contribution in [0.1, 0.15) is 35.8 Å². The summed E-state index contributed by atoms with van der Waals surface area (Å²) in [6.07, 6.45) is 7.05. The van der Waals surface area contributed by atoms with Crippen LogP contribution >= 0.6 is 0 Å². The van der Waals surface area contributed by atoms with E-state index >= 15 is 0 Å². The van der Waals surface area contributed by atoms with Gasteiger partial charge in [0.05, 0.1) is 5.69 Å². The Morgan fingerprint density at radius 3 is 2.71 bits per heavy atom. The van der Waals surface area contributed by atoms with Crippen molar-refractivity contribution in [1.29, 1.82) is 0 Å². The summed E-state index contributed by atoms with van der Waals surface area (Å²) in [6.45, 7) is 1.57.